The Labute approximate surface area is 64.2 Å². The van der Waals surface area contributed by atoms with Crippen LogP contribution in [0.1, 0.15) is 0 Å². The van der Waals surface area contributed by atoms with E-state index in [4.69, 9.17) is 11.6 Å². The molecule has 0 spiro atoms. The monoisotopic (exact) mass is 209 g/mol. The fraction of sp³-hybridized carbons (Fsp3) is 0. The van der Waals surface area contributed by atoms with Crippen molar-refractivity contribution in [2.24, 2.45) is 0 Å². The summed E-state index contributed by atoms with van der Waals surface area (Å²) >= 11 is 8.02. The Bertz CT molecular complexity index is 230. The van der Waals surface area contributed by atoms with Gasteiger partial charge in [0, 0.05) is 0 Å². The standard InChI is InChI=1S/C4BrClFN2/c5-2-1-8-4(6)9-3(2)7. The number of nitrogens with zero attached hydrogens (tertiary/aromatic N) is 2. The number of halogens is 3. The number of rotatable bonds is 0. The minimum Gasteiger partial charge on any atom is -0.215 e. The molecular weight excluding hydrogens is 210 g/mol. The van der Waals surface area contributed by atoms with Gasteiger partial charge in [-0.2, -0.15) is 9.37 Å². The summed E-state index contributed by atoms with van der Waals surface area (Å²) in [7, 11) is 0. The molecule has 0 amide bonds. The van der Waals surface area contributed by atoms with Gasteiger partial charge in [0.2, 0.25) is 11.2 Å². The van der Waals surface area contributed by atoms with Gasteiger partial charge in [0.25, 0.3) is 0 Å². The summed E-state index contributed by atoms with van der Waals surface area (Å²) in [4.78, 5) is 6.56. The maximum atomic E-state index is 12.3. The van der Waals surface area contributed by atoms with Gasteiger partial charge >= 0.3 is 0 Å². The van der Waals surface area contributed by atoms with Crippen LogP contribution in [0.5, 0.6) is 0 Å². The molecular formula is C4BrClFN2. The predicted octanol–water partition coefficient (Wildman–Crippen LogP) is 1.83. The van der Waals surface area contributed by atoms with Gasteiger partial charge in [-0.15, -0.1) is 0 Å². The molecule has 0 unspecified atom stereocenters. The molecule has 9 heavy (non-hydrogen) atoms. The highest BCUT2D eigenvalue weighted by molar-refractivity contribution is 9.10. The lowest BCUT2D eigenvalue weighted by atomic mass is 10.7. The van der Waals surface area contributed by atoms with E-state index in [0.717, 1.165) is 0 Å². The summed E-state index contributed by atoms with van der Waals surface area (Å²) in [5, 5.41) is -0.143. The molecule has 0 aliphatic carbocycles. The molecule has 47 valence electrons. The Morgan fingerprint density at radius 2 is 2.33 bits per heavy atom. The number of aromatic nitrogens is 2. The second-order valence-electron chi connectivity index (χ2n) is 1.21. The molecule has 0 atom stereocenters. The van der Waals surface area contributed by atoms with Crippen molar-refractivity contribution in [3.8, 4) is 0 Å². The maximum absolute atomic E-state index is 12.3. The summed E-state index contributed by atoms with van der Waals surface area (Å²) in [5.41, 5.74) is 0. The van der Waals surface area contributed by atoms with Crippen LogP contribution in [0.15, 0.2) is 4.47 Å². The molecule has 0 saturated carbocycles. The topological polar surface area (TPSA) is 25.8 Å². The first-order chi connectivity index (χ1) is 4.20. The number of hydrogen-bond acceptors (Lipinski definition) is 2. The summed E-state index contributed by atoms with van der Waals surface area (Å²) in [6.07, 6.45) is 2.27. The lowest BCUT2D eigenvalue weighted by molar-refractivity contribution is 0.571. The molecule has 0 aromatic carbocycles. The van der Waals surface area contributed by atoms with E-state index in [1.165, 1.54) is 0 Å². The fourth-order valence-corrected chi connectivity index (χ4v) is 0.590. The fourth-order valence-electron chi connectivity index (χ4n) is 0.296. The highest BCUT2D eigenvalue weighted by Gasteiger charge is 2.00. The van der Waals surface area contributed by atoms with E-state index in [1.54, 1.807) is 0 Å². The van der Waals surface area contributed by atoms with Crippen molar-refractivity contribution < 1.29 is 4.39 Å². The molecule has 2 nitrogen and oxygen atoms in total. The normalized spacial score (nSPS) is 9.67. The Morgan fingerprint density at radius 3 is 2.78 bits per heavy atom. The molecule has 0 N–H and O–H groups in total. The van der Waals surface area contributed by atoms with Crippen molar-refractivity contribution >= 4 is 27.5 Å². The van der Waals surface area contributed by atoms with Crippen LogP contribution in [0, 0.1) is 12.1 Å². The second-order valence-corrected chi connectivity index (χ2v) is 2.34. The van der Waals surface area contributed by atoms with Gasteiger partial charge in [0.15, 0.2) is 0 Å². The van der Waals surface area contributed by atoms with Crippen LogP contribution < -0.4 is 0 Å². The summed E-state index contributed by atoms with van der Waals surface area (Å²) in [6.45, 7) is 0. The molecule has 1 aromatic rings. The van der Waals surface area contributed by atoms with E-state index < -0.39 is 5.95 Å². The zero-order valence-corrected chi connectivity index (χ0v) is 6.37. The second kappa shape index (κ2) is 2.58. The molecule has 1 rings (SSSR count). The Balaban J connectivity index is 3.17. The zero-order chi connectivity index (χ0) is 6.85. The van der Waals surface area contributed by atoms with Crippen LogP contribution in [-0.2, 0) is 0 Å². The molecule has 1 aromatic heterocycles. The van der Waals surface area contributed by atoms with E-state index in [-0.39, 0.29) is 9.76 Å². The van der Waals surface area contributed by atoms with Gasteiger partial charge in [-0.05, 0) is 27.5 Å². The maximum Gasteiger partial charge on any atom is 0.232 e. The summed E-state index contributed by atoms with van der Waals surface area (Å²) in [6, 6.07) is 0. The van der Waals surface area contributed by atoms with Gasteiger partial charge in [-0.1, -0.05) is 0 Å². The van der Waals surface area contributed by atoms with Crippen LogP contribution in [-0.4, -0.2) is 9.97 Å². The minimum atomic E-state index is -0.699. The van der Waals surface area contributed by atoms with Crippen LogP contribution in [0.4, 0.5) is 4.39 Å². The minimum absolute atomic E-state index is 0.0897. The largest absolute Gasteiger partial charge is 0.232 e. The summed E-state index contributed by atoms with van der Waals surface area (Å²) < 4.78 is 12.4. The van der Waals surface area contributed by atoms with Crippen molar-refractivity contribution in [1.82, 2.24) is 9.97 Å². The zero-order valence-electron chi connectivity index (χ0n) is 4.03. The Morgan fingerprint density at radius 1 is 1.67 bits per heavy atom. The molecule has 0 saturated heterocycles. The van der Waals surface area contributed by atoms with Gasteiger partial charge in [-0.3, -0.25) is 0 Å². The highest BCUT2D eigenvalue weighted by atomic mass is 79.9. The third-order valence-corrected chi connectivity index (χ3v) is 1.29. The first-order valence-corrected chi connectivity index (χ1v) is 3.13. The molecule has 0 fully saturated rings. The van der Waals surface area contributed by atoms with Crippen LogP contribution in [0.3, 0.4) is 0 Å². The van der Waals surface area contributed by atoms with E-state index in [2.05, 4.69) is 32.1 Å². The summed E-state index contributed by atoms with van der Waals surface area (Å²) in [5.74, 6) is -0.699. The first-order valence-electron chi connectivity index (χ1n) is 1.96. The molecule has 0 aliphatic heterocycles. The van der Waals surface area contributed by atoms with Crippen molar-refractivity contribution in [3.63, 3.8) is 0 Å². The molecule has 5 heteroatoms. The van der Waals surface area contributed by atoms with Gasteiger partial charge in [-0.25, -0.2) is 4.98 Å². The third kappa shape index (κ3) is 1.59. The van der Waals surface area contributed by atoms with Crippen LogP contribution in [0.2, 0.25) is 5.28 Å². The highest BCUT2D eigenvalue weighted by Crippen LogP contribution is 2.11. The predicted molar refractivity (Wildman–Crippen MR) is 33.5 cm³/mol. The van der Waals surface area contributed by atoms with Crippen molar-refractivity contribution in [2.45, 2.75) is 0 Å². The van der Waals surface area contributed by atoms with Crippen LogP contribution >= 0.6 is 27.5 Å². The van der Waals surface area contributed by atoms with E-state index in [9.17, 15) is 4.39 Å². The molecule has 0 aliphatic rings. The van der Waals surface area contributed by atoms with Gasteiger partial charge in [0.05, 0.1) is 0 Å². The molecule has 1 heterocycles. The van der Waals surface area contributed by atoms with E-state index in [0.29, 0.717) is 0 Å². The lowest BCUT2D eigenvalue weighted by Crippen LogP contribution is -1.87. The number of hydrogen-bond donors (Lipinski definition) is 0. The SMILES string of the molecule is Fc1nc(Cl)n[c]c1Br. The van der Waals surface area contributed by atoms with Crippen molar-refractivity contribution in [3.05, 3.63) is 21.9 Å². The van der Waals surface area contributed by atoms with Gasteiger partial charge in [0.1, 0.15) is 10.7 Å². The smallest absolute Gasteiger partial charge is 0.215 e. The van der Waals surface area contributed by atoms with Gasteiger partial charge < -0.3 is 0 Å². The van der Waals surface area contributed by atoms with Crippen LogP contribution in [0.25, 0.3) is 0 Å². The molecule has 1 radical (unpaired) electrons. The Kier molecular flexibility index (Phi) is 1.97. The van der Waals surface area contributed by atoms with E-state index >= 15 is 0 Å². The average molecular weight is 210 g/mol. The van der Waals surface area contributed by atoms with Crippen molar-refractivity contribution in [2.75, 3.05) is 0 Å². The van der Waals surface area contributed by atoms with Crippen molar-refractivity contribution in [1.29, 1.82) is 0 Å². The third-order valence-electron chi connectivity index (χ3n) is 0.618. The van der Waals surface area contributed by atoms with E-state index in [1.807, 2.05) is 0 Å². The first kappa shape index (κ1) is 6.89. The average Bonchev–Trinajstić information content (AvgIpc) is 1.80. The quantitative estimate of drug-likeness (QED) is 0.482. The Hall–Kier alpha value is -0.220. The molecule has 0 bridgehead atoms. The lowest BCUT2D eigenvalue weighted by Gasteiger charge is -1.88.